The molecule has 0 saturated carbocycles. The van der Waals surface area contributed by atoms with Crippen LogP contribution in [-0.4, -0.2) is 139 Å². The van der Waals surface area contributed by atoms with E-state index in [1.807, 2.05) is 38.0 Å². The quantitative estimate of drug-likeness (QED) is 0.0611. The monoisotopic (exact) mass is 934 g/mol. The predicted octanol–water partition coefficient (Wildman–Crippen LogP) is 4.22. The minimum absolute atomic E-state index is 0.168. The van der Waals surface area contributed by atoms with E-state index < -0.39 is 30.2 Å². The summed E-state index contributed by atoms with van der Waals surface area (Å²) in [5, 5.41) is 75.5. The SMILES string of the molecule is CC(O)C(=O)O.CC(O)C(=O)O.Cc1cc(=O)n(CCCN(C)C)c(O)c1N=Nc1ccc(C(=O)NCC(C)NC(=O)c2ccc(N=Nc3c(C)cc(=O)n(CCCN(C)C)c3O)cc2)cc1. The second-order valence-electron chi connectivity index (χ2n) is 15.9. The Hall–Kier alpha value is -7.14. The Balaban J connectivity index is 0.00000113. The van der Waals surface area contributed by atoms with Crippen LogP contribution in [0.5, 0.6) is 11.8 Å². The molecule has 3 atom stereocenters. The van der Waals surface area contributed by atoms with Gasteiger partial charge in [0.2, 0.25) is 11.8 Å². The van der Waals surface area contributed by atoms with Gasteiger partial charge < -0.3 is 51.1 Å². The topological polar surface area (TPSA) is 314 Å². The summed E-state index contributed by atoms with van der Waals surface area (Å²) in [7, 11) is 7.74. The third-order valence-corrected chi connectivity index (χ3v) is 9.32. The zero-order chi connectivity index (χ0) is 50.5. The lowest BCUT2D eigenvalue weighted by molar-refractivity contribution is -0.146. The molecule has 0 radical (unpaired) electrons. The second kappa shape index (κ2) is 27.4. The van der Waals surface area contributed by atoms with Crippen LogP contribution in [0.25, 0.3) is 0 Å². The number of aliphatic hydroxyl groups is 2. The lowest BCUT2D eigenvalue weighted by atomic mass is 10.1. The highest BCUT2D eigenvalue weighted by Crippen LogP contribution is 2.32. The molecule has 2 aromatic carbocycles. The van der Waals surface area contributed by atoms with Crippen LogP contribution in [0.3, 0.4) is 0 Å². The van der Waals surface area contributed by atoms with E-state index in [-0.39, 0.29) is 52.6 Å². The molecule has 364 valence electrons. The molecule has 4 rings (SSSR count). The van der Waals surface area contributed by atoms with Crippen LogP contribution in [0.1, 0.15) is 65.5 Å². The van der Waals surface area contributed by atoms with Crippen molar-refractivity contribution in [2.45, 2.75) is 78.8 Å². The normalized spacial score (nSPS) is 12.5. The number of aromatic nitrogens is 2. The van der Waals surface area contributed by atoms with Crippen molar-refractivity contribution in [2.24, 2.45) is 20.5 Å². The van der Waals surface area contributed by atoms with Crippen LogP contribution in [-0.2, 0) is 22.7 Å². The zero-order valence-corrected chi connectivity index (χ0v) is 39.2. The minimum Gasteiger partial charge on any atom is -0.493 e. The number of carbonyl (C=O) groups excluding carboxylic acids is 2. The van der Waals surface area contributed by atoms with E-state index in [1.54, 1.807) is 69.3 Å². The maximum Gasteiger partial charge on any atom is 0.332 e. The molecular formula is C45H62N10O12. The van der Waals surface area contributed by atoms with Gasteiger partial charge in [-0.1, -0.05) is 0 Å². The first-order chi connectivity index (χ1) is 31.4. The number of aryl methyl sites for hydroxylation is 2. The van der Waals surface area contributed by atoms with Crippen molar-refractivity contribution in [3.8, 4) is 11.8 Å². The van der Waals surface area contributed by atoms with E-state index in [2.05, 4.69) is 31.1 Å². The summed E-state index contributed by atoms with van der Waals surface area (Å²) < 4.78 is 2.56. The van der Waals surface area contributed by atoms with Crippen molar-refractivity contribution in [1.29, 1.82) is 0 Å². The summed E-state index contributed by atoms with van der Waals surface area (Å²) in [6.45, 7) is 9.87. The summed E-state index contributed by atoms with van der Waals surface area (Å²) in [6, 6.07) is 15.3. The second-order valence-corrected chi connectivity index (χ2v) is 15.9. The molecule has 8 N–H and O–H groups in total. The molecule has 2 aromatic heterocycles. The van der Waals surface area contributed by atoms with Gasteiger partial charge >= 0.3 is 11.9 Å². The highest BCUT2D eigenvalue weighted by Gasteiger charge is 2.16. The zero-order valence-electron chi connectivity index (χ0n) is 39.2. The molecular weight excluding hydrogens is 873 g/mol. The fourth-order valence-electron chi connectivity index (χ4n) is 5.53. The molecule has 0 aliphatic rings. The van der Waals surface area contributed by atoms with E-state index in [0.29, 0.717) is 59.6 Å². The number of carboxylic acids is 2. The number of benzene rings is 2. The molecule has 0 bridgehead atoms. The molecule has 2 amide bonds. The first-order valence-electron chi connectivity index (χ1n) is 21.0. The molecule has 4 aromatic rings. The Bertz CT molecular complexity index is 2440. The molecule has 2 heterocycles. The lowest BCUT2D eigenvalue weighted by Gasteiger charge is -2.15. The van der Waals surface area contributed by atoms with Gasteiger partial charge in [0.15, 0.2) is 0 Å². The molecule has 22 heteroatoms. The standard InChI is InChI=1S/C39H50N10O6.2C3H6O3/c1-25-22-32(50)48(20-8-18-46(4)5)38(54)34(25)44-42-30-14-10-28(11-15-30)36(52)40-24-27(3)41-37(53)29-12-16-31(17-13-29)43-45-35-26(2)23-33(51)49(39(35)55)21-9-19-47(6)7;2*1-2(4)3(5)6/h10-17,22-23,27,54-55H,8-9,18-21,24H2,1-7H3,(H,40,52)(H,41,53);2*2,4H,1H3,(H,5,6). The van der Waals surface area contributed by atoms with E-state index in [9.17, 15) is 39.0 Å². The van der Waals surface area contributed by atoms with Crippen LogP contribution in [0.2, 0.25) is 0 Å². The van der Waals surface area contributed by atoms with Gasteiger partial charge in [-0.15, -0.1) is 10.2 Å². The van der Waals surface area contributed by atoms with Crippen LogP contribution in [0, 0.1) is 13.8 Å². The Morgan fingerprint density at radius 3 is 1.28 bits per heavy atom. The number of nitrogens with one attached hydrogen (secondary N) is 2. The van der Waals surface area contributed by atoms with Gasteiger partial charge in [-0.05, 0) is 148 Å². The third kappa shape index (κ3) is 19.1. The maximum absolute atomic E-state index is 12.9. The van der Waals surface area contributed by atoms with Gasteiger partial charge in [-0.3, -0.25) is 28.3 Å². The number of carbonyl (C=O) groups is 4. The Labute approximate surface area is 387 Å². The maximum atomic E-state index is 12.9. The van der Waals surface area contributed by atoms with Gasteiger partial charge in [0, 0.05) is 48.9 Å². The number of pyridine rings is 2. The van der Waals surface area contributed by atoms with Crippen molar-refractivity contribution >= 4 is 46.5 Å². The van der Waals surface area contributed by atoms with E-state index in [0.717, 1.165) is 13.1 Å². The molecule has 3 unspecified atom stereocenters. The lowest BCUT2D eigenvalue weighted by Crippen LogP contribution is -2.41. The number of aromatic hydroxyl groups is 2. The fraction of sp³-hybridized carbons (Fsp3) is 0.422. The number of hydrogen-bond donors (Lipinski definition) is 8. The van der Waals surface area contributed by atoms with Crippen molar-refractivity contribution in [3.63, 3.8) is 0 Å². The van der Waals surface area contributed by atoms with Crippen molar-refractivity contribution in [2.75, 3.05) is 47.8 Å². The average Bonchev–Trinajstić information content (AvgIpc) is 3.25. The largest absolute Gasteiger partial charge is 0.493 e. The highest BCUT2D eigenvalue weighted by atomic mass is 16.4. The number of carboxylic acid groups (broad SMARTS) is 2. The predicted molar refractivity (Wildman–Crippen MR) is 250 cm³/mol. The summed E-state index contributed by atoms with van der Waals surface area (Å²) >= 11 is 0. The Kier molecular flexibility index (Phi) is 22.9. The van der Waals surface area contributed by atoms with Gasteiger partial charge in [0.1, 0.15) is 23.6 Å². The summed E-state index contributed by atoms with van der Waals surface area (Å²) in [6.07, 6.45) is -1.12. The van der Waals surface area contributed by atoms with Crippen LogP contribution >= 0.6 is 0 Å². The molecule has 0 fully saturated rings. The third-order valence-electron chi connectivity index (χ3n) is 9.32. The molecule has 0 aliphatic carbocycles. The van der Waals surface area contributed by atoms with Crippen LogP contribution in [0.4, 0.5) is 22.7 Å². The molecule has 67 heavy (non-hydrogen) atoms. The number of amides is 2. The first kappa shape index (κ1) is 56.0. The van der Waals surface area contributed by atoms with Gasteiger partial charge in [-0.25, -0.2) is 9.59 Å². The molecule has 0 aliphatic heterocycles. The first-order valence-corrected chi connectivity index (χ1v) is 21.0. The van der Waals surface area contributed by atoms with Crippen molar-refractivity contribution < 1.29 is 49.8 Å². The Morgan fingerprint density at radius 2 is 0.955 bits per heavy atom. The molecule has 0 spiro atoms. The van der Waals surface area contributed by atoms with Crippen LogP contribution in [0.15, 0.2) is 90.7 Å². The number of hydrogen-bond acceptors (Lipinski definition) is 16. The highest BCUT2D eigenvalue weighted by molar-refractivity contribution is 5.95. The van der Waals surface area contributed by atoms with E-state index >= 15 is 0 Å². The van der Waals surface area contributed by atoms with E-state index in [1.165, 1.54) is 35.1 Å². The summed E-state index contributed by atoms with van der Waals surface area (Å²) in [5.74, 6) is -3.55. The summed E-state index contributed by atoms with van der Waals surface area (Å²) in [4.78, 5) is 73.5. The number of aliphatic carboxylic acids is 2. The number of nitrogens with zero attached hydrogens (tertiary/aromatic N) is 8. The van der Waals surface area contributed by atoms with Gasteiger partial charge in [0.25, 0.3) is 22.9 Å². The number of azo groups is 2. The molecule has 0 saturated heterocycles. The number of aliphatic hydroxyl groups excluding tert-OH is 2. The Morgan fingerprint density at radius 1 is 0.612 bits per heavy atom. The van der Waals surface area contributed by atoms with Gasteiger partial charge in [0.05, 0.1) is 11.4 Å². The smallest absolute Gasteiger partial charge is 0.332 e. The number of rotatable bonds is 19. The van der Waals surface area contributed by atoms with Crippen LogP contribution < -0.4 is 21.8 Å². The fourth-order valence-corrected chi connectivity index (χ4v) is 5.53. The van der Waals surface area contributed by atoms with Crippen molar-refractivity contribution in [3.05, 3.63) is 104 Å². The van der Waals surface area contributed by atoms with Crippen molar-refractivity contribution in [1.82, 2.24) is 29.6 Å². The minimum atomic E-state index is -1.23. The van der Waals surface area contributed by atoms with Gasteiger partial charge in [-0.2, -0.15) is 10.2 Å². The molecule has 22 nitrogen and oxygen atoms in total. The van der Waals surface area contributed by atoms with E-state index in [4.69, 9.17) is 20.4 Å². The summed E-state index contributed by atoms with van der Waals surface area (Å²) in [5.41, 5.74) is 2.40. The average molecular weight is 935 g/mol.